The Labute approximate surface area is 128 Å². The van der Waals surface area contributed by atoms with Crippen LogP contribution in [0.3, 0.4) is 0 Å². The molecule has 4 heteroatoms. The minimum atomic E-state index is -0.600. The average Bonchev–Trinajstić information content (AvgIpc) is 2.48. The van der Waals surface area contributed by atoms with Gasteiger partial charge >= 0.3 is 0 Å². The summed E-state index contributed by atoms with van der Waals surface area (Å²) in [5.41, 5.74) is -0.600. The number of carbonyl (C=O) groups is 1. The quantitative estimate of drug-likeness (QED) is 0.866. The predicted molar refractivity (Wildman–Crippen MR) is 83.6 cm³/mol. The number of hydrogen-bond acceptors (Lipinski definition) is 3. The van der Waals surface area contributed by atoms with E-state index in [4.69, 9.17) is 0 Å². The van der Waals surface area contributed by atoms with E-state index in [0.29, 0.717) is 12.6 Å². The summed E-state index contributed by atoms with van der Waals surface area (Å²) in [6.45, 7) is 2.73. The van der Waals surface area contributed by atoms with Crippen LogP contribution in [0.25, 0.3) is 0 Å². The molecule has 118 valence electrons. The second-order valence-corrected chi connectivity index (χ2v) is 7.13. The molecule has 0 heterocycles. The molecule has 2 fully saturated rings. The van der Waals surface area contributed by atoms with Crippen molar-refractivity contribution in [1.82, 2.24) is 10.2 Å². The van der Waals surface area contributed by atoms with Crippen LogP contribution in [-0.4, -0.2) is 36.0 Å². The summed E-state index contributed by atoms with van der Waals surface area (Å²) in [6, 6.07) is 2.88. The van der Waals surface area contributed by atoms with Gasteiger partial charge < -0.3 is 5.32 Å². The van der Waals surface area contributed by atoms with Crippen LogP contribution in [0, 0.1) is 17.2 Å². The number of carbonyl (C=O) groups excluding carboxylic acids is 1. The SMILES string of the molecule is CC1CCC(N(C)CC(=O)NC2(C#N)CCCCC2)CC1. The molecule has 0 aromatic carbocycles. The second kappa shape index (κ2) is 7.26. The summed E-state index contributed by atoms with van der Waals surface area (Å²) >= 11 is 0. The van der Waals surface area contributed by atoms with Crippen molar-refractivity contribution in [3.8, 4) is 6.07 Å². The van der Waals surface area contributed by atoms with Crippen molar-refractivity contribution in [3.05, 3.63) is 0 Å². The first-order chi connectivity index (χ1) is 10.0. The van der Waals surface area contributed by atoms with Crippen molar-refractivity contribution in [2.45, 2.75) is 76.3 Å². The highest BCUT2D eigenvalue weighted by Gasteiger charge is 2.34. The van der Waals surface area contributed by atoms with Crippen molar-refractivity contribution >= 4 is 5.91 Å². The lowest BCUT2D eigenvalue weighted by Gasteiger charge is -2.35. The third-order valence-electron chi connectivity index (χ3n) is 5.30. The predicted octanol–water partition coefficient (Wildman–Crippen LogP) is 2.84. The summed E-state index contributed by atoms with van der Waals surface area (Å²) in [7, 11) is 2.04. The molecule has 0 atom stereocenters. The number of rotatable bonds is 4. The first-order valence-corrected chi connectivity index (χ1v) is 8.47. The summed E-state index contributed by atoms with van der Waals surface area (Å²) < 4.78 is 0. The molecule has 2 rings (SSSR count). The highest BCUT2D eigenvalue weighted by atomic mass is 16.2. The van der Waals surface area contributed by atoms with E-state index >= 15 is 0 Å². The van der Waals surface area contributed by atoms with E-state index in [1.807, 2.05) is 7.05 Å². The minimum absolute atomic E-state index is 0.0135. The zero-order valence-corrected chi connectivity index (χ0v) is 13.5. The Morgan fingerprint density at radius 3 is 2.43 bits per heavy atom. The second-order valence-electron chi connectivity index (χ2n) is 7.13. The zero-order valence-electron chi connectivity index (χ0n) is 13.5. The topological polar surface area (TPSA) is 56.1 Å². The van der Waals surface area contributed by atoms with Crippen LogP contribution in [0.4, 0.5) is 0 Å². The largest absolute Gasteiger partial charge is 0.337 e. The molecule has 1 amide bonds. The van der Waals surface area contributed by atoms with Gasteiger partial charge in [-0.2, -0.15) is 5.26 Å². The zero-order chi connectivity index (χ0) is 15.3. The van der Waals surface area contributed by atoms with Gasteiger partial charge in [-0.25, -0.2) is 0 Å². The van der Waals surface area contributed by atoms with Crippen molar-refractivity contribution in [2.75, 3.05) is 13.6 Å². The molecule has 0 aromatic rings. The smallest absolute Gasteiger partial charge is 0.235 e. The van der Waals surface area contributed by atoms with E-state index in [1.54, 1.807) is 0 Å². The lowest BCUT2D eigenvalue weighted by atomic mass is 9.83. The molecule has 2 saturated carbocycles. The molecule has 0 aliphatic heterocycles. The van der Waals surface area contributed by atoms with E-state index in [2.05, 4.69) is 23.2 Å². The monoisotopic (exact) mass is 291 g/mol. The Morgan fingerprint density at radius 2 is 1.86 bits per heavy atom. The van der Waals surface area contributed by atoms with Crippen molar-refractivity contribution in [1.29, 1.82) is 5.26 Å². The number of nitriles is 1. The number of amides is 1. The lowest BCUT2D eigenvalue weighted by molar-refractivity contribution is -0.124. The molecule has 0 saturated heterocycles. The number of nitrogens with one attached hydrogen (secondary N) is 1. The fourth-order valence-corrected chi connectivity index (χ4v) is 3.77. The maximum atomic E-state index is 12.3. The van der Waals surface area contributed by atoms with Crippen LogP contribution in [0.1, 0.15) is 64.7 Å². The third kappa shape index (κ3) is 4.44. The van der Waals surface area contributed by atoms with E-state index in [-0.39, 0.29) is 5.91 Å². The highest BCUT2D eigenvalue weighted by Crippen LogP contribution is 2.28. The summed E-state index contributed by atoms with van der Waals surface area (Å²) in [6.07, 6.45) is 9.79. The number of likely N-dealkylation sites (N-methyl/N-ethyl adjacent to an activating group) is 1. The average molecular weight is 291 g/mol. The van der Waals surface area contributed by atoms with Gasteiger partial charge in [0.15, 0.2) is 0 Å². The van der Waals surface area contributed by atoms with Gasteiger partial charge in [-0.3, -0.25) is 9.69 Å². The van der Waals surface area contributed by atoms with E-state index in [1.165, 1.54) is 32.1 Å². The Kier molecular flexibility index (Phi) is 5.64. The molecule has 4 nitrogen and oxygen atoms in total. The highest BCUT2D eigenvalue weighted by molar-refractivity contribution is 5.79. The van der Waals surface area contributed by atoms with Crippen LogP contribution in [0.2, 0.25) is 0 Å². The van der Waals surface area contributed by atoms with Crippen LogP contribution >= 0.6 is 0 Å². The molecule has 0 aromatic heterocycles. The van der Waals surface area contributed by atoms with Gasteiger partial charge in [0.05, 0.1) is 12.6 Å². The Balaban J connectivity index is 1.82. The van der Waals surface area contributed by atoms with Gasteiger partial charge in [0.25, 0.3) is 0 Å². The maximum absolute atomic E-state index is 12.3. The van der Waals surface area contributed by atoms with Crippen LogP contribution < -0.4 is 5.32 Å². The molecule has 0 spiro atoms. The van der Waals surface area contributed by atoms with Crippen molar-refractivity contribution in [2.24, 2.45) is 5.92 Å². The molecule has 0 radical (unpaired) electrons. The van der Waals surface area contributed by atoms with Crippen LogP contribution in [0.5, 0.6) is 0 Å². The lowest BCUT2D eigenvalue weighted by Crippen LogP contribution is -2.52. The summed E-state index contributed by atoms with van der Waals surface area (Å²) in [5, 5.41) is 12.4. The van der Waals surface area contributed by atoms with Crippen LogP contribution in [-0.2, 0) is 4.79 Å². The Bertz CT molecular complexity index is 387. The van der Waals surface area contributed by atoms with E-state index < -0.39 is 5.54 Å². The molecule has 21 heavy (non-hydrogen) atoms. The van der Waals surface area contributed by atoms with Gasteiger partial charge in [-0.15, -0.1) is 0 Å². The third-order valence-corrected chi connectivity index (χ3v) is 5.30. The number of nitrogens with zero attached hydrogens (tertiary/aromatic N) is 2. The standard InChI is InChI=1S/C17H29N3O/c1-14-6-8-15(9-7-14)20(2)12-16(21)19-17(13-18)10-4-3-5-11-17/h14-15H,3-12H2,1-2H3,(H,19,21). The maximum Gasteiger partial charge on any atom is 0.235 e. The van der Waals surface area contributed by atoms with Crippen molar-refractivity contribution in [3.63, 3.8) is 0 Å². The number of hydrogen-bond donors (Lipinski definition) is 1. The normalized spacial score (nSPS) is 28.9. The van der Waals surface area contributed by atoms with Crippen molar-refractivity contribution < 1.29 is 4.79 Å². The molecule has 0 unspecified atom stereocenters. The Hall–Kier alpha value is -1.08. The fraction of sp³-hybridized carbons (Fsp3) is 0.882. The van der Waals surface area contributed by atoms with Gasteiger partial charge in [0.2, 0.25) is 5.91 Å². The first-order valence-electron chi connectivity index (χ1n) is 8.47. The molecule has 2 aliphatic carbocycles. The molecule has 1 N–H and O–H groups in total. The van der Waals surface area contributed by atoms with Gasteiger partial charge in [-0.05, 0) is 51.5 Å². The fourth-order valence-electron chi connectivity index (χ4n) is 3.77. The minimum Gasteiger partial charge on any atom is -0.337 e. The Morgan fingerprint density at radius 1 is 1.24 bits per heavy atom. The van der Waals surface area contributed by atoms with E-state index in [0.717, 1.165) is 31.6 Å². The molecular formula is C17H29N3O. The first kappa shape index (κ1) is 16.3. The van der Waals surface area contributed by atoms with Crippen LogP contribution in [0.15, 0.2) is 0 Å². The van der Waals surface area contributed by atoms with Gasteiger partial charge in [-0.1, -0.05) is 26.2 Å². The molecular weight excluding hydrogens is 262 g/mol. The van der Waals surface area contributed by atoms with Gasteiger partial charge in [0, 0.05) is 6.04 Å². The summed E-state index contributed by atoms with van der Waals surface area (Å²) in [5.74, 6) is 0.840. The molecule has 0 bridgehead atoms. The summed E-state index contributed by atoms with van der Waals surface area (Å²) in [4.78, 5) is 14.5. The molecule has 2 aliphatic rings. The van der Waals surface area contributed by atoms with E-state index in [9.17, 15) is 10.1 Å². The van der Waals surface area contributed by atoms with Gasteiger partial charge in [0.1, 0.15) is 5.54 Å².